The van der Waals surface area contributed by atoms with E-state index in [2.05, 4.69) is 5.32 Å². The second-order valence-corrected chi connectivity index (χ2v) is 5.18. The number of hydrogen-bond acceptors (Lipinski definition) is 4. The number of nitrogens with two attached hydrogens (primary N) is 1. The van der Waals surface area contributed by atoms with Gasteiger partial charge < -0.3 is 20.9 Å². The van der Waals surface area contributed by atoms with Crippen molar-refractivity contribution >= 4 is 23.2 Å². The largest absolute Gasteiger partial charge is 0.399 e. The van der Waals surface area contributed by atoms with Gasteiger partial charge in [-0.15, -0.1) is 0 Å². The van der Waals surface area contributed by atoms with Crippen molar-refractivity contribution in [2.75, 3.05) is 44.9 Å². The summed E-state index contributed by atoms with van der Waals surface area (Å²) < 4.78 is 0. The maximum atomic E-state index is 12.5. The van der Waals surface area contributed by atoms with Gasteiger partial charge in [-0.25, -0.2) is 0 Å². The molecular weight excluding hydrogens is 268 g/mol. The Bertz CT molecular complexity index is 514. The lowest BCUT2D eigenvalue weighted by atomic mass is 10.1. The molecule has 0 saturated heterocycles. The number of rotatable bonds is 6. The Morgan fingerprint density at radius 2 is 1.90 bits per heavy atom. The highest BCUT2D eigenvalue weighted by Gasteiger charge is 2.19. The van der Waals surface area contributed by atoms with E-state index in [4.69, 9.17) is 5.73 Å². The number of carbonyl (C=O) groups excluding carboxylic acids is 2. The predicted octanol–water partition coefficient (Wildman–Crippen LogP) is 0.933. The molecule has 0 saturated carbocycles. The van der Waals surface area contributed by atoms with Crippen LogP contribution in [0.2, 0.25) is 0 Å². The van der Waals surface area contributed by atoms with Crippen molar-refractivity contribution in [1.29, 1.82) is 0 Å². The quantitative estimate of drug-likeness (QED) is 0.765. The Labute approximate surface area is 125 Å². The van der Waals surface area contributed by atoms with Gasteiger partial charge in [-0.2, -0.15) is 0 Å². The second kappa shape index (κ2) is 7.52. The van der Waals surface area contributed by atoms with E-state index in [0.717, 1.165) is 12.1 Å². The summed E-state index contributed by atoms with van der Waals surface area (Å²) in [6, 6.07) is 5.19. The fourth-order valence-corrected chi connectivity index (χ4v) is 1.93. The molecule has 21 heavy (non-hydrogen) atoms. The average Bonchev–Trinajstić information content (AvgIpc) is 2.43. The topological polar surface area (TPSA) is 78.7 Å². The SMILES string of the molecule is CCCNC(=O)CN(C)C(=O)c1cc(N)ccc1N(C)C. The molecule has 1 rings (SSSR count). The van der Waals surface area contributed by atoms with Crippen LogP contribution >= 0.6 is 0 Å². The molecule has 0 atom stereocenters. The van der Waals surface area contributed by atoms with Crippen molar-refractivity contribution in [3.63, 3.8) is 0 Å². The third-order valence-corrected chi connectivity index (χ3v) is 3.03. The lowest BCUT2D eigenvalue weighted by Crippen LogP contribution is -2.39. The molecule has 1 aromatic rings. The van der Waals surface area contributed by atoms with E-state index in [1.165, 1.54) is 4.90 Å². The third-order valence-electron chi connectivity index (χ3n) is 3.03. The lowest BCUT2D eigenvalue weighted by molar-refractivity contribution is -0.121. The first-order valence-electron chi connectivity index (χ1n) is 6.95. The fraction of sp³-hybridized carbons (Fsp3) is 0.467. The average molecular weight is 292 g/mol. The normalized spacial score (nSPS) is 10.1. The number of hydrogen-bond donors (Lipinski definition) is 2. The molecule has 0 heterocycles. The van der Waals surface area contributed by atoms with E-state index in [-0.39, 0.29) is 18.4 Å². The van der Waals surface area contributed by atoms with Gasteiger partial charge in [0.2, 0.25) is 5.91 Å². The molecule has 6 nitrogen and oxygen atoms in total. The van der Waals surface area contributed by atoms with E-state index in [9.17, 15) is 9.59 Å². The number of amides is 2. The van der Waals surface area contributed by atoms with Gasteiger partial charge in [0.05, 0.1) is 12.1 Å². The van der Waals surface area contributed by atoms with Crippen LogP contribution < -0.4 is 16.0 Å². The molecule has 0 aliphatic heterocycles. The zero-order chi connectivity index (χ0) is 16.0. The Morgan fingerprint density at radius 1 is 1.24 bits per heavy atom. The highest BCUT2D eigenvalue weighted by atomic mass is 16.2. The first kappa shape index (κ1) is 16.8. The highest BCUT2D eigenvalue weighted by molar-refractivity contribution is 6.01. The molecule has 1 aromatic carbocycles. The van der Waals surface area contributed by atoms with Crippen LogP contribution in [0.3, 0.4) is 0 Å². The summed E-state index contributed by atoms with van der Waals surface area (Å²) >= 11 is 0. The van der Waals surface area contributed by atoms with Gasteiger partial charge in [0, 0.05) is 39.1 Å². The minimum absolute atomic E-state index is 0.0283. The maximum absolute atomic E-state index is 12.5. The lowest BCUT2D eigenvalue weighted by Gasteiger charge is -2.22. The van der Waals surface area contributed by atoms with Gasteiger partial charge >= 0.3 is 0 Å². The molecule has 0 spiro atoms. The molecular formula is C15H24N4O2. The van der Waals surface area contributed by atoms with E-state index in [1.54, 1.807) is 25.2 Å². The molecule has 0 unspecified atom stereocenters. The van der Waals surface area contributed by atoms with E-state index in [1.807, 2.05) is 25.9 Å². The van der Waals surface area contributed by atoms with Crippen LogP contribution in [0.4, 0.5) is 11.4 Å². The van der Waals surface area contributed by atoms with Gasteiger partial charge in [-0.05, 0) is 24.6 Å². The van der Waals surface area contributed by atoms with Gasteiger partial charge in [0.25, 0.3) is 5.91 Å². The minimum Gasteiger partial charge on any atom is -0.399 e. The van der Waals surface area contributed by atoms with Crippen LogP contribution in [0.5, 0.6) is 0 Å². The Morgan fingerprint density at radius 3 is 2.48 bits per heavy atom. The number of carbonyl (C=O) groups is 2. The summed E-state index contributed by atoms with van der Waals surface area (Å²) in [6.07, 6.45) is 0.864. The molecule has 6 heteroatoms. The number of nitrogens with zero attached hydrogens (tertiary/aromatic N) is 2. The van der Waals surface area contributed by atoms with Crippen LogP contribution in [0.15, 0.2) is 18.2 Å². The van der Waals surface area contributed by atoms with Gasteiger partial charge in [-0.3, -0.25) is 9.59 Å². The van der Waals surface area contributed by atoms with E-state index < -0.39 is 0 Å². The third kappa shape index (κ3) is 4.66. The summed E-state index contributed by atoms with van der Waals surface area (Å²) in [4.78, 5) is 27.4. The Hall–Kier alpha value is -2.24. The smallest absolute Gasteiger partial charge is 0.256 e. The molecule has 0 aliphatic rings. The predicted molar refractivity (Wildman–Crippen MR) is 85.4 cm³/mol. The molecule has 0 radical (unpaired) electrons. The summed E-state index contributed by atoms with van der Waals surface area (Å²) in [5, 5.41) is 2.75. The number of nitrogen functional groups attached to an aromatic ring is 1. The van der Waals surface area contributed by atoms with Crippen molar-refractivity contribution in [2.24, 2.45) is 0 Å². The molecule has 0 aromatic heterocycles. The first-order chi connectivity index (χ1) is 9.86. The van der Waals surface area contributed by atoms with Crippen molar-refractivity contribution in [1.82, 2.24) is 10.2 Å². The van der Waals surface area contributed by atoms with Gasteiger partial charge in [0.1, 0.15) is 0 Å². The summed E-state index contributed by atoms with van der Waals surface area (Å²) in [6.45, 7) is 2.62. The van der Waals surface area contributed by atoms with Crippen LogP contribution in [-0.4, -0.2) is 50.9 Å². The molecule has 2 amide bonds. The highest BCUT2D eigenvalue weighted by Crippen LogP contribution is 2.22. The molecule has 3 N–H and O–H groups in total. The van der Waals surface area contributed by atoms with Crippen molar-refractivity contribution < 1.29 is 9.59 Å². The number of nitrogens with one attached hydrogen (secondary N) is 1. The van der Waals surface area contributed by atoms with Crippen LogP contribution in [0, 0.1) is 0 Å². The molecule has 0 aliphatic carbocycles. The summed E-state index contributed by atoms with van der Waals surface area (Å²) in [5.74, 6) is -0.388. The van der Waals surface area contributed by atoms with E-state index in [0.29, 0.717) is 17.8 Å². The van der Waals surface area contributed by atoms with Crippen LogP contribution in [0.25, 0.3) is 0 Å². The minimum atomic E-state index is -0.224. The van der Waals surface area contributed by atoms with Crippen molar-refractivity contribution in [2.45, 2.75) is 13.3 Å². The van der Waals surface area contributed by atoms with Crippen LogP contribution in [0.1, 0.15) is 23.7 Å². The molecule has 0 bridgehead atoms. The Balaban J connectivity index is 2.87. The van der Waals surface area contributed by atoms with Crippen LogP contribution in [-0.2, 0) is 4.79 Å². The molecule has 0 fully saturated rings. The van der Waals surface area contributed by atoms with Gasteiger partial charge in [0.15, 0.2) is 0 Å². The van der Waals surface area contributed by atoms with Crippen molar-refractivity contribution in [3.05, 3.63) is 23.8 Å². The van der Waals surface area contributed by atoms with E-state index >= 15 is 0 Å². The Kier molecular flexibility index (Phi) is 6.02. The first-order valence-corrected chi connectivity index (χ1v) is 6.95. The second-order valence-electron chi connectivity index (χ2n) is 5.18. The monoisotopic (exact) mass is 292 g/mol. The fourth-order valence-electron chi connectivity index (χ4n) is 1.93. The zero-order valence-corrected chi connectivity index (χ0v) is 13.1. The number of benzene rings is 1. The number of likely N-dealkylation sites (N-methyl/N-ethyl adjacent to an activating group) is 1. The van der Waals surface area contributed by atoms with Crippen molar-refractivity contribution in [3.8, 4) is 0 Å². The maximum Gasteiger partial charge on any atom is 0.256 e. The molecule has 116 valence electrons. The standard InChI is InChI=1S/C15H24N4O2/c1-5-8-17-14(20)10-19(4)15(21)12-9-11(16)6-7-13(12)18(2)3/h6-7,9H,5,8,10,16H2,1-4H3,(H,17,20). The summed E-state index contributed by atoms with van der Waals surface area (Å²) in [7, 11) is 5.32. The van der Waals surface area contributed by atoms with Gasteiger partial charge in [-0.1, -0.05) is 6.92 Å². The summed E-state index contributed by atoms with van der Waals surface area (Å²) in [5.41, 5.74) is 7.55. The number of anilines is 2. The zero-order valence-electron chi connectivity index (χ0n) is 13.1.